The predicted octanol–water partition coefficient (Wildman–Crippen LogP) is 1.47. The summed E-state index contributed by atoms with van der Waals surface area (Å²) in [4.78, 5) is 0. The molecule has 114 valence electrons. The standard InChI is InChI=1S/C13H29N3O2S/c1-5-9-15-19(17,18)16-10-7-6-8-12(16)11-14-13(2,3)4/h12,14-15H,5-11H2,1-4H3. The lowest BCUT2D eigenvalue weighted by Gasteiger charge is -2.36. The third kappa shape index (κ3) is 5.77. The Morgan fingerprint density at radius 1 is 1.26 bits per heavy atom. The van der Waals surface area contributed by atoms with E-state index in [1.807, 2.05) is 6.92 Å². The molecule has 5 nitrogen and oxygen atoms in total. The Morgan fingerprint density at radius 3 is 2.53 bits per heavy atom. The Balaban J connectivity index is 2.66. The number of nitrogens with zero attached hydrogens (tertiary/aromatic N) is 1. The molecule has 0 aromatic rings. The molecule has 1 aliphatic rings. The minimum Gasteiger partial charge on any atom is -0.310 e. The van der Waals surface area contributed by atoms with Crippen LogP contribution in [0.3, 0.4) is 0 Å². The van der Waals surface area contributed by atoms with Crippen LogP contribution in [0, 0.1) is 0 Å². The van der Waals surface area contributed by atoms with Crippen LogP contribution < -0.4 is 10.0 Å². The smallest absolute Gasteiger partial charge is 0.279 e. The summed E-state index contributed by atoms with van der Waals surface area (Å²) in [5, 5.41) is 3.42. The zero-order valence-corrected chi connectivity index (χ0v) is 13.5. The molecule has 1 atom stereocenters. The first-order valence-corrected chi connectivity index (χ1v) is 8.72. The van der Waals surface area contributed by atoms with Gasteiger partial charge in [-0.25, -0.2) is 4.72 Å². The summed E-state index contributed by atoms with van der Waals surface area (Å²) in [7, 11) is -3.32. The molecule has 0 spiro atoms. The fourth-order valence-electron chi connectivity index (χ4n) is 2.23. The van der Waals surface area contributed by atoms with Gasteiger partial charge in [0, 0.05) is 31.2 Å². The first-order valence-electron chi connectivity index (χ1n) is 7.28. The first-order chi connectivity index (χ1) is 8.76. The van der Waals surface area contributed by atoms with Gasteiger partial charge < -0.3 is 5.32 Å². The average molecular weight is 291 g/mol. The van der Waals surface area contributed by atoms with Gasteiger partial charge in [-0.3, -0.25) is 0 Å². The number of piperidine rings is 1. The van der Waals surface area contributed by atoms with Crippen molar-refractivity contribution < 1.29 is 8.42 Å². The van der Waals surface area contributed by atoms with Crippen molar-refractivity contribution in [3.8, 4) is 0 Å². The zero-order valence-electron chi connectivity index (χ0n) is 12.7. The van der Waals surface area contributed by atoms with Gasteiger partial charge >= 0.3 is 0 Å². The van der Waals surface area contributed by atoms with Crippen molar-refractivity contribution in [1.29, 1.82) is 0 Å². The second kappa shape index (κ2) is 7.02. The van der Waals surface area contributed by atoms with Crippen LogP contribution in [-0.2, 0) is 10.2 Å². The van der Waals surface area contributed by atoms with E-state index in [0.717, 1.165) is 32.2 Å². The lowest BCUT2D eigenvalue weighted by molar-refractivity contribution is 0.228. The summed E-state index contributed by atoms with van der Waals surface area (Å²) in [6, 6.07) is 0.0716. The van der Waals surface area contributed by atoms with Gasteiger partial charge in [0.25, 0.3) is 10.2 Å². The van der Waals surface area contributed by atoms with Crippen LogP contribution in [0.25, 0.3) is 0 Å². The molecule has 0 aromatic heterocycles. The van der Waals surface area contributed by atoms with E-state index < -0.39 is 10.2 Å². The minimum atomic E-state index is -3.32. The highest BCUT2D eigenvalue weighted by Crippen LogP contribution is 2.20. The van der Waals surface area contributed by atoms with E-state index in [0.29, 0.717) is 13.1 Å². The minimum absolute atomic E-state index is 0.0176. The summed E-state index contributed by atoms with van der Waals surface area (Å²) in [6.45, 7) is 10.1. The zero-order chi connectivity index (χ0) is 14.5. The third-order valence-electron chi connectivity index (χ3n) is 3.28. The SMILES string of the molecule is CCCNS(=O)(=O)N1CCCCC1CNC(C)(C)C. The van der Waals surface area contributed by atoms with Gasteiger partial charge in [0.1, 0.15) is 0 Å². The highest BCUT2D eigenvalue weighted by atomic mass is 32.2. The molecule has 1 heterocycles. The second-order valence-corrected chi connectivity index (χ2v) is 8.00. The Morgan fingerprint density at radius 2 is 1.95 bits per heavy atom. The molecule has 1 saturated heterocycles. The third-order valence-corrected chi connectivity index (χ3v) is 4.95. The lowest BCUT2D eigenvalue weighted by Crippen LogP contribution is -2.54. The van der Waals surface area contributed by atoms with Gasteiger partial charge in [-0.15, -0.1) is 0 Å². The largest absolute Gasteiger partial charge is 0.310 e. The van der Waals surface area contributed by atoms with Crippen molar-refractivity contribution in [2.45, 2.75) is 65.0 Å². The summed E-state index contributed by atoms with van der Waals surface area (Å²) in [5.74, 6) is 0. The molecule has 0 aromatic carbocycles. The van der Waals surface area contributed by atoms with Crippen molar-refractivity contribution in [2.75, 3.05) is 19.6 Å². The molecular formula is C13H29N3O2S. The Hall–Kier alpha value is -0.170. The molecule has 2 N–H and O–H groups in total. The molecule has 1 fully saturated rings. The number of hydrogen-bond donors (Lipinski definition) is 2. The highest BCUT2D eigenvalue weighted by molar-refractivity contribution is 7.87. The summed E-state index contributed by atoms with van der Waals surface area (Å²) >= 11 is 0. The molecule has 19 heavy (non-hydrogen) atoms. The number of hydrogen-bond acceptors (Lipinski definition) is 3. The first kappa shape index (κ1) is 16.9. The van der Waals surface area contributed by atoms with E-state index in [1.54, 1.807) is 4.31 Å². The van der Waals surface area contributed by atoms with Crippen LogP contribution in [0.15, 0.2) is 0 Å². The van der Waals surface area contributed by atoms with Crippen LogP contribution in [0.1, 0.15) is 53.4 Å². The molecular weight excluding hydrogens is 262 g/mol. The Bertz CT molecular complexity index is 363. The Kier molecular flexibility index (Phi) is 6.23. The van der Waals surface area contributed by atoms with Crippen LogP contribution in [-0.4, -0.2) is 43.9 Å². The van der Waals surface area contributed by atoms with Crippen molar-refractivity contribution in [2.24, 2.45) is 0 Å². The summed E-state index contributed by atoms with van der Waals surface area (Å²) < 4.78 is 28.9. The van der Waals surface area contributed by atoms with E-state index in [-0.39, 0.29) is 11.6 Å². The molecule has 0 aliphatic carbocycles. The van der Waals surface area contributed by atoms with Crippen molar-refractivity contribution >= 4 is 10.2 Å². The van der Waals surface area contributed by atoms with Crippen LogP contribution >= 0.6 is 0 Å². The normalized spacial score (nSPS) is 22.6. The van der Waals surface area contributed by atoms with E-state index in [4.69, 9.17) is 0 Å². The number of nitrogens with one attached hydrogen (secondary N) is 2. The number of rotatable bonds is 6. The molecule has 6 heteroatoms. The fourth-order valence-corrected chi connectivity index (χ4v) is 3.80. The Labute approximate surface area is 118 Å². The van der Waals surface area contributed by atoms with Crippen molar-refractivity contribution in [3.05, 3.63) is 0 Å². The van der Waals surface area contributed by atoms with Crippen molar-refractivity contribution in [1.82, 2.24) is 14.3 Å². The maximum atomic E-state index is 12.3. The monoisotopic (exact) mass is 291 g/mol. The van der Waals surface area contributed by atoms with Gasteiger partial charge in [0.05, 0.1) is 0 Å². The average Bonchev–Trinajstić information content (AvgIpc) is 2.33. The summed E-state index contributed by atoms with van der Waals surface area (Å²) in [5.41, 5.74) is 0.0176. The quantitative estimate of drug-likeness (QED) is 0.779. The van der Waals surface area contributed by atoms with Gasteiger partial charge in [-0.1, -0.05) is 13.3 Å². The lowest BCUT2D eigenvalue weighted by atomic mass is 10.0. The van der Waals surface area contributed by atoms with E-state index >= 15 is 0 Å². The van der Waals surface area contributed by atoms with E-state index in [9.17, 15) is 8.42 Å². The van der Waals surface area contributed by atoms with Gasteiger partial charge in [-0.2, -0.15) is 12.7 Å². The van der Waals surface area contributed by atoms with Crippen LogP contribution in [0.4, 0.5) is 0 Å². The molecule has 0 amide bonds. The maximum absolute atomic E-state index is 12.3. The van der Waals surface area contributed by atoms with Crippen LogP contribution in [0.5, 0.6) is 0 Å². The van der Waals surface area contributed by atoms with Crippen molar-refractivity contribution in [3.63, 3.8) is 0 Å². The highest BCUT2D eigenvalue weighted by Gasteiger charge is 2.32. The maximum Gasteiger partial charge on any atom is 0.279 e. The van der Waals surface area contributed by atoms with E-state index in [2.05, 4.69) is 30.8 Å². The summed E-state index contributed by atoms with van der Waals surface area (Å²) in [6.07, 6.45) is 3.82. The topological polar surface area (TPSA) is 61.4 Å². The van der Waals surface area contributed by atoms with Gasteiger partial charge in [0.2, 0.25) is 0 Å². The molecule has 1 rings (SSSR count). The second-order valence-electron chi connectivity index (χ2n) is 6.29. The predicted molar refractivity (Wildman–Crippen MR) is 79.3 cm³/mol. The van der Waals surface area contributed by atoms with Crippen LogP contribution in [0.2, 0.25) is 0 Å². The van der Waals surface area contributed by atoms with E-state index in [1.165, 1.54) is 0 Å². The molecule has 1 unspecified atom stereocenters. The molecule has 0 bridgehead atoms. The fraction of sp³-hybridized carbons (Fsp3) is 1.00. The molecule has 0 saturated carbocycles. The molecule has 1 aliphatic heterocycles. The van der Waals surface area contributed by atoms with Gasteiger partial charge in [-0.05, 0) is 40.0 Å². The molecule has 0 radical (unpaired) electrons. The van der Waals surface area contributed by atoms with Gasteiger partial charge in [0.15, 0.2) is 0 Å².